The molecule has 13 heteroatoms. The number of amides is 1. The molecule has 3 aliphatic rings. The maximum Gasteiger partial charge on any atom is 0.407 e. The van der Waals surface area contributed by atoms with Gasteiger partial charge in [0.15, 0.2) is 6.29 Å². The molecular formula is C36H67N3O10. The Morgan fingerprint density at radius 2 is 1.69 bits per heavy atom. The molecule has 1 aliphatic carbocycles. The Morgan fingerprint density at radius 3 is 2.27 bits per heavy atom. The number of alkyl carbamates (subject to hydrolysis) is 1. The predicted molar refractivity (Wildman–Crippen MR) is 185 cm³/mol. The summed E-state index contributed by atoms with van der Waals surface area (Å²) in [7, 11) is 5.59. The van der Waals surface area contributed by atoms with E-state index < -0.39 is 78.0 Å². The van der Waals surface area contributed by atoms with Crippen molar-refractivity contribution >= 4 is 12.1 Å². The van der Waals surface area contributed by atoms with Crippen molar-refractivity contribution in [1.29, 1.82) is 0 Å². The summed E-state index contributed by atoms with van der Waals surface area (Å²) in [5.41, 5.74) is -3.36. The van der Waals surface area contributed by atoms with E-state index in [2.05, 4.69) is 5.32 Å². The fourth-order valence-corrected chi connectivity index (χ4v) is 8.33. The summed E-state index contributed by atoms with van der Waals surface area (Å²) in [6, 6.07) is -0.846. The monoisotopic (exact) mass is 701 g/mol. The maximum atomic E-state index is 14.0. The molecule has 2 aliphatic heterocycles. The molecular weight excluding hydrogens is 634 g/mol. The van der Waals surface area contributed by atoms with E-state index in [4.69, 9.17) is 18.9 Å². The smallest absolute Gasteiger partial charge is 0.407 e. The lowest BCUT2D eigenvalue weighted by molar-refractivity contribution is -0.299. The number of rotatable bonds is 6. The van der Waals surface area contributed by atoms with E-state index in [9.17, 15) is 30.0 Å². The van der Waals surface area contributed by atoms with Crippen molar-refractivity contribution in [2.24, 2.45) is 17.8 Å². The van der Waals surface area contributed by atoms with Crippen LogP contribution >= 0.6 is 0 Å². The van der Waals surface area contributed by atoms with Crippen LogP contribution in [0.4, 0.5) is 4.79 Å². The SMILES string of the molecule is CC[C@H]1OC(=O)[C@H](C)[C@@H](OC(=O)NC2CCCC2)[C@H](C)[C@@H](O[C@@H]2O[C@H](C)C[C@H](N(C)C)[C@H]2O)[C@](C)(O)C[C@@H](C)CN(C)[C@H](C)[C@@H](O)[C@]1(C)O. The van der Waals surface area contributed by atoms with Gasteiger partial charge in [0.2, 0.25) is 0 Å². The van der Waals surface area contributed by atoms with Crippen LogP contribution in [-0.2, 0) is 23.7 Å². The number of hydrogen-bond donors (Lipinski definition) is 5. The number of ether oxygens (including phenoxy) is 4. The fourth-order valence-electron chi connectivity index (χ4n) is 8.33. The molecule has 3 fully saturated rings. The van der Waals surface area contributed by atoms with Gasteiger partial charge in [-0.3, -0.25) is 4.79 Å². The number of hydrogen-bond acceptors (Lipinski definition) is 12. The summed E-state index contributed by atoms with van der Waals surface area (Å²) in [4.78, 5) is 31.2. The number of likely N-dealkylation sites (N-methyl/N-ethyl adjacent to an activating group) is 2. The summed E-state index contributed by atoms with van der Waals surface area (Å²) < 4.78 is 24.8. The van der Waals surface area contributed by atoms with Crippen molar-refractivity contribution in [3.63, 3.8) is 0 Å². The summed E-state index contributed by atoms with van der Waals surface area (Å²) in [6.45, 7) is 14.3. The molecule has 0 spiro atoms. The van der Waals surface area contributed by atoms with Crippen molar-refractivity contribution < 1.29 is 49.0 Å². The average Bonchev–Trinajstić information content (AvgIpc) is 3.52. The third kappa shape index (κ3) is 10.3. The Kier molecular flexibility index (Phi) is 14.8. The van der Waals surface area contributed by atoms with Gasteiger partial charge in [-0.15, -0.1) is 0 Å². The van der Waals surface area contributed by atoms with Crippen LogP contribution in [0.1, 0.15) is 100 Å². The molecule has 13 nitrogen and oxygen atoms in total. The molecule has 49 heavy (non-hydrogen) atoms. The molecule has 0 radical (unpaired) electrons. The van der Waals surface area contributed by atoms with Gasteiger partial charge in [-0.2, -0.15) is 0 Å². The number of carbonyl (C=O) groups is 2. The Morgan fingerprint density at radius 1 is 1.08 bits per heavy atom. The maximum absolute atomic E-state index is 14.0. The topological polar surface area (TPSA) is 170 Å². The van der Waals surface area contributed by atoms with Crippen LogP contribution in [0, 0.1) is 17.8 Å². The normalized spacial score (nSPS) is 44.2. The Labute approximate surface area is 294 Å². The lowest BCUT2D eigenvalue weighted by atomic mass is 9.77. The van der Waals surface area contributed by atoms with E-state index in [1.807, 2.05) is 44.8 Å². The van der Waals surface area contributed by atoms with E-state index in [-0.39, 0.29) is 36.9 Å². The zero-order chi connectivity index (χ0) is 37.0. The molecule has 0 aromatic rings. The van der Waals surface area contributed by atoms with Crippen LogP contribution in [-0.4, -0.2) is 142 Å². The largest absolute Gasteiger partial charge is 0.459 e. The van der Waals surface area contributed by atoms with E-state index in [1.54, 1.807) is 34.6 Å². The molecule has 0 aromatic heterocycles. The number of cyclic esters (lactones) is 1. The Hall–Kier alpha value is -1.58. The number of aliphatic hydroxyl groups excluding tert-OH is 2. The molecule has 3 rings (SSSR count). The summed E-state index contributed by atoms with van der Waals surface area (Å²) >= 11 is 0. The van der Waals surface area contributed by atoms with Gasteiger partial charge in [-0.25, -0.2) is 4.79 Å². The standard InChI is InChI=1S/C36H67N3O10/c1-12-27-36(8,45)30(41)24(6)39(11)19-20(2)18-35(7,44)31(49-33-28(40)26(38(9)10)17-21(3)46-33)22(4)29(23(5)32(42)47-27)48-34(43)37-25-15-13-14-16-25/h20-31,33,40-41,44-45H,12-19H2,1-11H3,(H,37,43)/t20-,21-,22+,23-,24-,26+,27-,28-,29+,30-,31-,33+,35-,36-/m1/s1. The Balaban J connectivity index is 2.11. The minimum atomic E-state index is -1.80. The van der Waals surface area contributed by atoms with Gasteiger partial charge in [0.05, 0.1) is 23.7 Å². The van der Waals surface area contributed by atoms with Crippen LogP contribution in [0.2, 0.25) is 0 Å². The highest BCUT2D eigenvalue weighted by Crippen LogP contribution is 2.37. The highest BCUT2D eigenvalue weighted by atomic mass is 16.7. The van der Waals surface area contributed by atoms with Crippen molar-refractivity contribution in [2.75, 3.05) is 27.7 Å². The first-order valence-corrected chi connectivity index (χ1v) is 18.4. The van der Waals surface area contributed by atoms with Gasteiger partial charge >= 0.3 is 12.1 Å². The first-order valence-electron chi connectivity index (χ1n) is 18.4. The number of carbonyl (C=O) groups excluding carboxylic acids is 2. The zero-order valence-electron chi connectivity index (χ0n) is 31.8. The minimum absolute atomic E-state index is 0.0430. The van der Waals surface area contributed by atoms with Crippen LogP contribution in [0.5, 0.6) is 0 Å². The molecule has 0 aromatic carbocycles. The first-order chi connectivity index (χ1) is 22.7. The molecule has 1 amide bonds. The molecule has 2 saturated heterocycles. The van der Waals surface area contributed by atoms with Gasteiger partial charge in [0, 0.05) is 30.6 Å². The number of aliphatic hydroxyl groups is 4. The third-order valence-electron chi connectivity index (χ3n) is 11.3. The van der Waals surface area contributed by atoms with Crippen molar-refractivity contribution in [3.05, 3.63) is 0 Å². The highest BCUT2D eigenvalue weighted by Gasteiger charge is 2.51. The predicted octanol–water partition coefficient (Wildman–Crippen LogP) is 2.65. The molecule has 14 atom stereocenters. The lowest BCUT2D eigenvalue weighted by Crippen LogP contribution is -2.59. The summed E-state index contributed by atoms with van der Waals surface area (Å²) in [6.07, 6.45) is -2.98. The third-order valence-corrected chi connectivity index (χ3v) is 11.3. The molecule has 5 N–H and O–H groups in total. The quantitative estimate of drug-likeness (QED) is 0.257. The second kappa shape index (κ2) is 17.3. The van der Waals surface area contributed by atoms with Gasteiger partial charge in [0.1, 0.15) is 30.0 Å². The highest BCUT2D eigenvalue weighted by molar-refractivity contribution is 5.74. The number of esters is 1. The summed E-state index contributed by atoms with van der Waals surface area (Å²) in [5, 5.41) is 49.7. The average molecular weight is 702 g/mol. The van der Waals surface area contributed by atoms with E-state index in [0.29, 0.717) is 13.0 Å². The van der Waals surface area contributed by atoms with E-state index in [1.165, 1.54) is 6.92 Å². The molecule has 286 valence electrons. The van der Waals surface area contributed by atoms with Crippen molar-refractivity contribution in [2.45, 2.75) is 173 Å². The molecule has 0 unspecified atom stereocenters. The van der Waals surface area contributed by atoms with Gasteiger partial charge < -0.3 is 54.5 Å². The summed E-state index contributed by atoms with van der Waals surface area (Å²) in [5.74, 6) is -2.75. The van der Waals surface area contributed by atoms with Gasteiger partial charge in [-0.05, 0) is 93.8 Å². The van der Waals surface area contributed by atoms with Crippen LogP contribution in [0.15, 0.2) is 0 Å². The number of nitrogens with one attached hydrogen (secondary N) is 1. The lowest BCUT2D eigenvalue weighted by Gasteiger charge is -2.47. The van der Waals surface area contributed by atoms with Gasteiger partial charge in [0.25, 0.3) is 0 Å². The second-order valence-electron chi connectivity index (χ2n) is 16.1. The van der Waals surface area contributed by atoms with Gasteiger partial charge in [-0.1, -0.05) is 33.6 Å². The Bertz CT molecular complexity index is 1070. The second-order valence-corrected chi connectivity index (χ2v) is 16.1. The molecule has 1 saturated carbocycles. The van der Waals surface area contributed by atoms with Crippen molar-refractivity contribution in [1.82, 2.24) is 15.1 Å². The van der Waals surface area contributed by atoms with Crippen LogP contribution in [0.3, 0.4) is 0 Å². The van der Waals surface area contributed by atoms with Crippen LogP contribution in [0.25, 0.3) is 0 Å². The van der Waals surface area contributed by atoms with Crippen LogP contribution < -0.4 is 5.32 Å². The van der Waals surface area contributed by atoms with E-state index in [0.717, 1.165) is 25.7 Å². The number of nitrogens with zero attached hydrogens (tertiary/aromatic N) is 2. The minimum Gasteiger partial charge on any atom is -0.459 e. The molecule has 2 heterocycles. The first kappa shape index (κ1) is 41.8. The molecule has 0 bridgehead atoms. The van der Waals surface area contributed by atoms with E-state index >= 15 is 0 Å². The van der Waals surface area contributed by atoms with Crippen molar-refractivity contribution in [3.8, 4) is 0 Å². The zero-order valence-corrected chi connectivity index (χ0v) is 31.8. The fraction of sp³-hybridized carbons (Fsp3) is 0.944.